The Morgan fingerprint density at radius 2 is 1.34 bits per heavy atom. The molecule has 0 bridgehead atoms. The van der Waals surface area contributed by atoms with Gasteiger partial charge in [-0.1, -0.05) is 60.7 Å². The van der Waals surface area contributed by atoms with Gasteiger partial charge in [-0.3, -0.25) is 9.88 Å². The molecule has 3 aromatic rings. The molecule has 2 aromatic carbocycles. The highest BCUT2D eigenvalue weighted by Crippen LogP contribution is 2.30. The van der Waals surface area contributed by atoms with Crippen molar-refractivity contribution < 1.29 is 0 Å². The van der Waals surface area contributed by atoms with Gasteiger partial charge in [0.2, 0.25) is 0 Å². The molecule has 0 aliphatic heterocycles. The van der Waals surface area contributed by atoms with Gasteiger partial charge < -0.3 is 5.73 Å². The van der Waals surface area contributed by atoms with Gasteiger partial charge in [-0.2, -0.15) is 0 Å². The van der Waals surface area contributed by atoms with Gasteiger partial charge in [0.05, 0.1) is 0 Å². The van der Waals surface area contributed by atoms with Crippen molar-refractivity contribution in [2.75, 3.05) is 6.54 Å². The third-order valence-electron chi connectivity index (χ3n) is 6.21. The Bertz CT molecular complexity index is 803. The van der Waals surface area contributed by atoms with E-state index in [1.54, 1.807) is 0 Å². The second-order valence-corrected chi connectivity index (χ2v) is 8.23. The Labute approximate surface area is 174 Å². The lowest BCUT2D eigenvalue weighted by molar-refractivity contribution is 0.137. The number of hydrogen-bond donors (Lipinski definition) is 1. The maximum absolute atomic E-state index is 6.21. The van der Waals surface area contributed by atoms with Crippen molar-refractivity contribution >= 4 is 0 Å². The Kier molecular flexibility index (Phi) is 6.71. The molecule has 150 valence electrons. The van der Waals surface area contributed by atoms with Crippen molar-refractivity contribution in [3.05, 3.63) is 102 Å². The number of pyridine rings is 1. The molecule has 4 rings (SSSR count). The second kappa shape index (κ2) is 9.82. The lowest BCUT2D eigenvalue weighted by Crippen LogP contribution is -2.42. The summed E-state index contributed by atoms with van der Waals surface area (Å²) in [5.41, 5.74) is 10.3. The van der Waals surface area contributed by atoms with Crippen molar-refractivity contribution in [1.82, 2.24) is 9.88 Å². The molecular formula is C26H31N3. The molecule has 1 aromatic heterocycles. The minimum absolute atomic E-state index is 0.356. The van der Waals surface area contributed by atoms with Crippen molar-refractivity contribution in [1.29, 1.82) is 0 Å². The summed E-state index contributed by atoms with van der Waals surface area (Å²) in [5.74, 6) is 0.356. The largest absolute Gasteiger partial charge is 0.328 e. The summed E-state index contributed by atoms with van der Waals surface area (Å²) in [4.78, 5) is 6.88. The Morgan fingerprint density at radius 1 is 0.793 bits per heavy atom. The van der Waals surface area contributed by atoms with Crippen LogP contribution >= 0.6 is 0 Å². The predicted octanol–water partition coefficient (Wildman–Crippen LogP) is 4.99. The first-order valence-corrected chi connectivity index (χ1v) is 10.8. The van der Waals surface area contributed by atoms with E-state index in [1.165, 1.54) is 29.5 Å². The van der Waals surface area contributed by atoms with Crippen molar-refractivity contribution in [2.24, 2.45) is 5.73 Å². The molecule has 0 radical (unpaired) electrons. The van der Waals surface area contributed by atoms with Crippen LogP contribution in [0.5, 0.6) is 0 Å². The summed E-state index contributed by atoms with van der Waals surface area (Å²) in [6, 6.07) is 27.1. The number of nitrogens with two attached hydrogens (primary N) is 1. The van der Waals surface area contributed by atoms with E-state index in [-0.39, 0.29) is 0 Å². The van der Waals surface area contributed by atoms with Crippen LogP contribution in [0, 0.1) is 0 Å². The molecule has 3 heteroatoms. The third-order valence-corrected chi connectivity index (χ3v) is 6.21. The van der Waals surface area contributed by atoms with Gasteiger partial charge >= 0.3 is 0 Å². The fourth-order valence-electron chi connectivity index (χ4n) is 4.54. The predicted molar refractivity (Wildman–Crippen MR) is 120 cm³/mol. The van der Waals surface area contributed by atoms with Crippen LogP contribution in [0.1, 0.15) is 48.3 Å². The Hall–Kier alpha value is -2.49. The molecule has 1 saturated carbocycles. The Balaban J connectivity index is 1.62. The summed E-state index contributed by atoms with van der Waals surface area (Å²) in [6.07, 6.45) is 8.41. The van der Waals surface area contributed by atoms with Crippen LogP contribution in [0.25, 0.3) is 0 Å². The summed E-state index contributed by atoms with van der Waals surface area (Å²) in [6.45, 7) is 1.97. The van der Waals surface area contributed by atoms with Crippen LogP contribution in [0.4, 0.5) is 0 Å². The molecule has 0 saturated heterocycles. The van der Waals surface area contributed by atoms with Crippen molar-refractivity contribution in [2.45, 2.75) is 50.2 Å². The summed E-state index contributed by atoms with van der Waals surface area (Å²) >= 11 is 0. The standard InChI is InChI=1S/C26H31N3/c27-24-11-13-25(14-12-24)29(19-21-15-17-28-18-16-21)20-26(22-7-3-1-4-8-22)23-9-5-2-6-10-23/h1-10,15-18,24-26H,11-14,19-20,27H2. The number of nitrogens with zero attached hydrogens (tertiary/aromatic N) is 2. The fraction of sp³-hybridized carbons (Fsp3) is 0.346. The smallest absolute Gasteiger partial charge is 0.0271 e. The third kappa shape index (κ3) is 5.31. The fourth-order valence-corrected chi connectivity index (χ4v) is 4.54. The van der Waals surface area contributed by atoms with Crippen LogP contribution in [0.3, 0.4) is 0 Å². The quantitative estimate of drug-likeness (QED) is 0.623. The molecule has 1 heterocycles. The minimum Gasteiger partial charge on any atom is -0.328 e. The van der Waals surface area contributed by atoms with E-state index in [9.17, 15) is 0 Å². The van der Waals surface area contributed by atoms with Crippen LogP contribution in [-0.4, -0.2) is 28.5 Å². The average Bonchev–Trinajstić information content (AvgIpc) is 2.79. The van der Waals surface area contributed by atoms with Gasteiger partial charge in [0.1, 0.15) is 0 Å². The molecular weight excluding hydrogens is 354 g/mol. The number of hydrogen-bond acceptors (Lipinski definition) is 3. The molecule has 0 atom stereocenters. The Morgan fingerprint density at radius 3 is 1.90 bits per heavy atom. The molecule has 1 fully saturated rings. The zero-order valence-electron chi connectivity index (χ0n) is 17.0. The molecule has 0 amide bonds. The molecule has 29 heavy (non-hydrogen) atoms. The summed E-state index contributed by atoms with van der Waals surface area (Å²) in [5, 5.41) is 0. The molecule has 1 aliphatic carbocycles. The van der Waals surface area contributed by atoms with Gasteiger partial charge in [0, 0.05) is 43.5 Å². The van der Waals surface area contributed by atoms with Gasteiger partial charge in [0.25, 0.3) is 0 Å². The van der Waals surface area contributed by atoms with E-state index in [4.69, 9.17) is 5.73 Å². The van der Waals surface area contributed by atoms with Gasteiger partial charge in [-0.05, 0) is 54.5 Å². The zero-order valence-corrected chi connectivity index (χ0v) is 17.0. The van der Waals surface area contributed by atoms with Crippen LogP contribution in [0.2, 0.25) is 0 Å². The van der Waals surface area contributed by atoms with Gasteiger partial charge in [0.15, 0.2) is 0 Å². The molecule has 0 spiro atoms. The topological polar surface area (TPSA) is 42.1 Å². The second-order valence-electron chi connectivity index (χ2n) is 8.23. The highest BCUT2D eigenvalue weighted by molar-refractivity contribution is 5.33. The first-order chi connectivity index (χ1) is 14.3. The molecule has 0 unspecified atom stereocenters. The van der Waals surface area contributed by atoms with Crippen LogP contribution < -0.4 is 5.73 Å². The maximum Gasteiger partial charge on any atom is 0.0271 e. The van der Waals surface area contributed by atoms with Crippen molar-refractivity contribution in [3.8, 4) is 0 Å². The normalized spacial score (nSPS) is 19.6. The highest BCUT2D eigenvalue weighted by Gasteiger charge is 2.27. The molecule has 2 N–H and O–H groups in total. The number of aromatic nitrogens is 1. The first kappa shape index (κ1) is 19.8. The van der Waals surface area contributed by atoms with Gasteiger partial charge in [-0.25, -0.2) is 0 Å². The minimum atomic E-state index is 0.356. The van der Waals surface area contributed by atoms with E-state index in [0.29, 0.717) is 18.0 Å². The van der Waals surface area contributed by atoms with E-state index in [0.717, 1.165) is 25.9 Å². The SMILES string of the molecule is NC1CCC(N(Cc2ccncc2)CC(c2ccccc2)c2ccccc2)CC1. The van der Waals surface area contributed by atoms with E-state index in [1.807, 2.05) is 12.4 Å². The maximum atomic E-state index is 6.21. The lowest BCUT2D eigenvalue weighted by Gasteiger charge is -2.38. The van der Waals surface area contributed by atoms with Crippen molar-refractivity contribution in [3.63, 3.8) is 0 Å². The average molecular weight is 386 g/mol. The monoisotopic (exact) mass is 385 g/mol. The highest BCUT2D eigenvalue weighted by atomic mass is 15.2. The van der Waals surface area contributed by atoms with Crippen LogP contribution in [0.15, 0.2) is 85.2 Å². The summed E-state index contributed by atoms with van der Waals surface area (Å²) < 4.78 is 0. The van der Waals surface area contributed by atoms with E-state index < -0.39 is 0 Å². The van der Waals surface area contributed by atoms with E-state index >= 15 is 0 Å². The zero-order chi connectivity index (χ0) is 19.9. The van der Waals surface area contributed by atoms with Gasteiger partial charge in [-0.15, -0.1) is 0 Å². The van der Waals surface area contributed by atoms with Crippen LogP contribution in [-0.2, 0) is 6.54 Å². The number of benzene rings is 2. The molecule has 1 aliphatic rings. The first-order valence-electron chi connectivity index (χ1n) is 10.8. The summed E-state index contributed by atoms with van der Waals surface area (Å²) in [7, 11) is 0. The molecule has 3 nitrogen and oxygen atoms in total. The number of rotatable bonds is 7. The lowest BCUT2D eigenvalue weighted by atomic mass is 9.87. The van der Waals surface area contributed by atoms with E-state index in [2.05, 4.69) is 82.7 Å².